The number of terminal acetylenes is 1. The minimum absolute atomic E-state index is 0.0415. The summed E-state index contributed by atoms with van der Waals surface area (Å²) >= 11 is 3.42. The van der Waals surface area contributed by atoms with E-state index in [9.17, 15) is 0 Å². The molecule has 1 atom stereocenters. The summed E-state index contributed by atoms with van der Waals surface area (Å²) in [4.78, 5) is 0. The summed E-state index contributed by atoms with van der Waals surface area (Å²) in [6.07, 6.45) is 6.78. The van der Waals surface area contributed by atoms with Crippen molar-refractivity contribution in [2.75, 3.05) is 6.61 Å². The van der Waals surface area contributed by atoms with Crippen LogP contribution in [0.5, 0.6) is 5.75 Å². The van der Waals surface area contributed by atoms with E-state index in [4.69, 9.17) is 16.9 Å². The van der Waals surface area contributed by atoms with Crippen molar-refractivity contribution in [3.8, 4) is 18.1 Å². The van der Waals surface area contributed by atoms with Crippen molar-refractivity contribution in [2.45, 2.75) is 25.8 Å². The Labute approximate surface area is 105 Å². The molecule has 86 valence electrons. The fourth-order valence-corrected chi connectivity index (χ4v) is 1.74. The van der Waals surface area contributed by atoms with Gasteiger partial charge in [-0.05, 0) is 31.5 Å². The van der Waals surface area contributed by atoms with Gasteiger partial charge in [-0.15, -0.1) is 12.3 Å². The quantitative estimate of drug-likeness (QED) is 0.664. The van der Waals surface area contributed by atoms with Gasteiger partial charge >= 0.3 is 0 Å². The molecule has 0 radical (unpaired) electrons. The van der Waals surface area contributed by atoms with Crippen LogP contribution in [0.15, 0.2) is 22.7 Å². The van der Waals surface area contributed by atoms with Gasteiger partial charge in [0.1, 0.15) is 5.75 Å². The van der Waals surface area contributed by atoms with Crippen molar-refractivity contribution in [2.24, 2.45) is 5.73 Å². The van der Waals surface area contributed by atoms with E-state index in [-0.39, 0.29) is 6.04 Å². The summed E-state index contributed by atoms with van der Waals surface area (Å²) < 4.78 is 6.67. The molecule has 0 bridgehead atoms. The second-order valence-electron chi connectivity index (χ2n) is 3.63. The van der Waals surface area contributed by atoms with Crippen LogP contribution < -0.4 is 10.5 Å². The molecule has 2 nitrogen and oxygen atoms in total. The summed E-state index contributed by atoms with van der Waals surface area (Å²) in [5.74, 6) is 3.43. The number of halogens is 1. The molecule has 0 heterocycles. The van der Waals surface area contributed by atoms with Gasteiger partial charge in [-0.1, -0.05) is 15.9 Å². The Balaban J connectivity index is 2.68. The zero-order valence-electron chi connectivity index (χ0n) is 9.37. The van der Waals surface area contributed by atoms with Gasteiger partial charge in [0.2, 0.25) is 0 Å². The number of hydrogen-bond donors (Lipinski definition) is 1. The van der Waals surface area contributed by atoms with Crippen molar-refractivity contribution in [1.82, 2.24) is 0 Å². The third-order valence-electron chi connectivity index (χ3n) is 2.19. The first-order valence-corrected chi connectivity index (χ1v) is 6.05. The maximum atomic E-state index is 5.88. The lowest BCUT2D eigenvalue weighted by atomic mass is 10.1. The molecule has 0 aromatic heterocycles. The lowest BCUT2D eigenvalue weighted by Crippen LogP contribution is -2.08. The molecule has 0 aliphatic carbocycles. The Hall–Kier alpha value is -0.980. The number of nitrogens with two attached hydrogens (primary N) is 1. The van der Waals surface area contributed by atoms with Gasteiger partial charge in [-0.25, -0.2) is 0 Å². The summed E-state index contributed by atoms with van der Waals surface area (Å²) in [6.45, 7) is 2.57. The average molecular weight is 282 g/mol. The lowest BCUT2D eigenvalue weighted by molar-refractivity contribution is 0.308. The average Bonchev–Trinajstić information content (AvgIpc) is 2.26. The second-order valence-corrected chi connectivity index (χ2v) is 4.54. The van der Waals surface area contributed by atoms with Crippen LogP contribution in [-0.2, 0) is 0 Å². The van der Waals surface area contributed by atoms with Gasteiger partial charge in [0.05, 0.1) is 6.61 Å². The van der Waals surface area contributed by atoms with Crippen molar-refractivity contribution < 1.29 is 4.74 Å². The molecule has 0 amide bonds. The van der Waals surface area contributed by atoms with Gasteiger partial charge in [0, 0.05) is 22.5 Å². The molecule has 2 N–H and O–H groups in total. The van der Waals surface area contributed by atoms with E-state index in [2.05, 4.69) is 21.9 Å². The molecule has 16 heavy (non-hydrogen) atoms. The molecular formula is C13H16BrNO. The maximum Gasteiger partial charge on any atom is 0.124 e. The molecule has 0 unspecified atom stereocenters. The highest BCUT2D eigenvalue weighted by atomic mass is 79.9. The summed E-state index contributed by atoms with van der Waals surface area (Å²) in [5, 5.41) is 0. The van der Waals surface area contributed by atoms with Gasteiger partial charge < -0.3 is 10.5 Å². The molecule has 0 saturated heterocycles. The monoisotopic (exact) mass is 281 g/mol. The molecule has 1 aromatic rings. The fourth-order valence-electron chi connectivity index (χ4n) is 1.36. The summed E-state index contributed by atoms with van der Waals surface area (Å²) in [6, 6.07) is 5.82. The summed E-state index contributed by atoms with van der Waals surface area (Å²) in [5.41, 5.74) is 6.89. The van der Waals surface area contributed by atoms with Crippen molar-refractivity contribution in [1.29, 1.82) is 0 Å². The Morgan fingerprint density at radius 1 is 1.56 bits per heavy atom. The van der Waals surface area contributed by atoms with E-state index in [1.165, 1.54) is 0 Å². The number of unbranched alkanes of at least 4 members (excludes halogenated alkanes) is 1. The number of rotatable bonds is 5. The first kappa shape index (κ1) is 13.1. The highest BCUT2D eigenvalue weighted by molar-refractivity contribution is 9.10. The number of ether oxygens (including phenoxy) is 1. The molecular weight excluding hydrogens is 266 g/mol. The van der Waals surface area contributed by atoms with Crippen LogP contribution in [0.4, 0.5) is 0 Å². The van der Waals surface area contributed by atoms with Crippen LogP contribution in [0.25, 0.3) is 0 Å². The Morgan fingerprint density at radius 3 is 2.94 bits per heavy atom. The number of hydrogen-bond acceptors (Lipinski definition) is 2. The zero-order chi connectivity index (χ0) is 12.0. The third kappa shape index (κ3) is 3.88. The van der Waals surface area contributed by atoms with Crippen molar-refractivity contribution >= 4 is 15.9 Å². The SMILES string of the molecule is C#CCCCOc1ccc(Br)cc1[C@@H](C)N. The molecule has 0 aliphatic rings. The Morgan fingerprint density at radius 2 is 2.31 bits per heavy atom. The fraction of sp³-hybridized carbons (Fsp3) is 0.385. The maximum absolute atomic E-state index is 5.88. The highest BCUT2D eigenvalue weighted by Crippen LogP contribution is 2.27. The largest absolute Gasteiger partial charge is 0.493 e. The molecule has 0 saturated carbocycles. The number of benzene rings is 1. The van der Waals surface area contributed by atoms with Gasteiger partial charge in [-0.2, -0.15) is 0 Å². The minimum atomic E-state index is -0.0415. The third-order valence-corrected chi connectivity index (χ3v) is 2.68. The molecule has 0 fully saturated rings. The van der Waals surface area contributed by atoms with Crippen LogP contribution in [0.2, 0.25) is 0 Å². The van der Waals surface area contributed by atoms with E-state index in [1.54, 1.807) is 0 Å². The minimum Gasteiger partial charge on any atom is -0.493 e. The van der Waals surface area contributed by atoms with Gasteiger partial charge in [0.25, 0.3) is 0 Å². The van der Waals surface area contributed by atoms with Crippen molar-refractivity contribution in [3.63, 3.8) is 0 Å². The topological polar surface area (TPSA) is 35.2 Å². The van der Waals surface area contributed by atoms with Crippen LogP contribution in [0, 0.1) is 12.3 Å². The molecule has 0 spiro atoms. The van der Waals surface area contributed by atoms with Crippen molar-refractivity contribution in [3.05, 3.63) is 28.2 Å². The first-order chi connectivity index (χ1) is 7.65. The standard InChI is InChI=1S/C13H16BrNO/c1-3-4-5-8-16-13-7-6-11(14)9-12(13)10(2)15/h1,6-7,9-10H,4-5,8,15H2,2H3/t10-/m1/s1. The Kier molecular flexibility index (Phi) is 5.37. The molecule has 1 aromatic carbocycles. The predicted octanol–water partition coefficient (Wildman–Crippen LogP) is 3.26. The van der Waals surface area contributed by atoms with E-state index in [0.29, 0.717) is 6.61 Å². The lowest BCUT2D eigenvalue weighted by Gasteiger charge is -2.14. The van der Waals surface area contributed by atoms with Crippen LogP contribution >= 0.6 is 15.9 Å². The van der Waals surface area contributed by atoms with Crippen LogP contribution in [0.3, 0.4) is 0 Å². The Bertz CT molecular complexity index is 382. The van der Waals surface area contributed by atoms with Gasteiger partial charge in [-0.3, -0.25) is 0 Å². The predicted molar refractivity (Wildman–Crippen MR) is 70.3 cm³/mol. The molecule has 0 aliphatic heterocycles. The second kappa shape index (κ2) is 6.57. The first-order valence-electron chi connectivity index (χ1n) is 5.26. The summed E-state index contributed by atoms with van der Waals surface area (Å²) in [7, 11) is 0. The van der Waals surface area contributed by atoms with E-state index >= 15 is 0 Å². The van der Waals surface area contributed by atoms with Crippen LogP contribution in [-0.4, -0.2) is 6.61 Å². The zero-order valence-corrected chi connectivity index (χ0v) is 11.0. The smallest absolute Gasteiger partial charge is 0.124 e. The van der Waals surface area contributed by atoms with E-state index in [0.717, 1.165) is 28.6 Å². The highest BCUT2D eigenvalue weighted by Gasteiger charge is 2.08. The molecule has 1 rings (SSSR count). The van der Waals surface area contributed by atoms with Gasteiger partial charge in [0.15, 0.2) is 0 Å². The molecule has 3 heteroatoms. The van der Waals surface area contributed by atoms with Crippen LogP contribution in [0.1, 0.15) is 31.4 Å². The van der Waals surface area contributed by atoms with E-state index in [1.807, 2.05) is 25.1 Å². The van der Waals surface area contributed by atoms with E-state index < -0.39 is 0 Å². The normalized spacial score (nSPS) is 11.9.